The van der Waals surface area contributed by atoms with E-state index in [9.17, 15) is 0 Å². The average Bonchev–Trinajstić information content (AvgIpc) is 3.76. The van der Waals surface area contributed by atoms with Crippen LogP contribution in [0.15, 0.2) is 212 Å². The van der Waals surface area contributed by atoms with Crippen molar-refractivity contribution in [2.45, 2.75) is 5.41 Å². The minimum absolute atomic E-state index is 0.494. The lowest BCUT2D eigenvalue weighted by atomic mass is 9.67. The second kappa shape index (κ2) is 12.9. The van der Waals surface area contributed by atoms with Crippen molar-refractivity contribution < 1.29 is 0 Å². The van der Waals surface area contributed by atoms with Gasteiger partial charge in [0, 0.05) is 21.9 Å². The molecular formula is C53H35N3. The van der Waals surface area contributed by atoms with Crippen molar-refractivity contribution in [3.05, 3.63) is 235 Å². The molecule has 2 heterocycles. The molecule has 0 unspecified atom stereocenters. The molecule has 0 saturated heterocycles. The Morgan fingerprint density at radius 1 is 0.339 bits per heavy atom. The maximum absolute atomic E-state index is 5.42. The van der Waals surface area contributed by atoms with Gasteiger partial charge in [-0.2, -0.15) is 0 Å². The lowest BCUT2D eigenvalue weighted by Crippen LogP contribution is -2.28. The van der Waals surface area contributed by atoms with E-state index in [-0.39, 0.29) is 0 Å². The van der Waals surface area contributed by atoms with Gasteiger partial charge in [-0.3, -0.25) is 4.57 Å². The number of hydrogen-bond acceptors (Lipinski definition) is 2. The van der Waals surface area contributed by atoms with Crippen LogP contribution in [0.25, 0.3) is 72.5 Å². The zero-order valence-electron chi connectivity index (χ0n) is 30.5. The molecule has 2 aromatic heterocycles. The predicted molar refractivity (Wildman–Crippen MR) is 230 cm³/mol. The highest BCUT2D eigenvalue weighted by Crippen LogP contribution is 2.57. The molecule has 0 radical (unpaired) electrons. The van der Waals surface area contributed by atoms with E-state index in [0.29, 0.717) is 5.95 Å². The van der Waals surface area contributed by atoms with Crippen molar-refractivity contribution in [1.82, 2.24) is 14.5 Å². The topological polar surface area (TPSA) is 30.7 Å². The van der Waals surface area contributed by atoms with Crippen LogP contribution in [0.3, 0.4) is 0 Å². The summed E-state index contributed by atoms with van der Waals surface area (Å²) in [6, 6.07) is 76.2. The van der Waals surface area contributed by atoms with Gasteiger partial charge in [-0.1, -0.05) is 182 Å². The van der Waals surface area contributed by atoms with Crippen LogP contribution in [0, 0.1) is 0 Å². The van der Waals surface area contributed by atoms with Gasteiger partial charge in [0.05, 0.1) is 27.8 Å². The quantitative estimate of drug-likeness (QED) is 0.172. The summed E-state index contributed by atoms with van der Waals surface area (Å²) in [5, 5.41) is 2.34. The van der Waals surface area contributed by atoms with Gasteiger partial charge >= 0.3 is 0 Å². The van der Waals surface area contributed by atoms with Crippen molar-refractivity contribution in [3.63, 3.8) is 0 Å². The van der Waals surface area contributed by atoms with Gasteiger partial charge in [-0.15, -0.1) is 0 Å². The van der Waals surface area contributed by atoms with E-state index in [0.717, 1.165) is 44.5 Å². The Balaban J connectivity index is 1.21. The number of nitrogens with zero attached hydrogens (tertiary/aromatic N) is 3. The molecule has 0 bridgehead atoms. The first-order valence-electron chi connectivity index (χ1n) is 19.2. The van der Waals surface area contributed by atoms with E-state index in [1.807, 2.05) is 6.07 Å². The first-order valence-corrected chi connectivity index (χ1v) is 19.2. The third kappa shape index (κ3) is 4.91. The molecule has 0 N–H and O–H groups in total. The number of rotatable bonds is 6. The number of fused-ring (bicyclic) bond motifs is 6. The largest absolute Gasteiger partial charge is 0.278 e. The molecular weight excluding hydrogens is 679 g/mol. The van der Waals surface area contributed by atoms with Gasteiger partial charge in [0.15, 0.2) is 0 Å². The molecule has 262 valence electrons. The zero-order valence-corrected chi connectivity index (χ0v) is 30.5. The van der Waals surface area contributed by atoms with Crippen LogP contribution < -0.4 is 0 Å². The molecule has 3 heteroatoms. The monoisotopic (exact) mass is 713 g/mol. The SMILES string of the molecule is c1ccc(-c2cccc(-c3cc(-c4ccccc4)nc(-n4c5ccccc5c5cc6c(cc54)-c4ccccc4C6(c4ccccc4)c4ccccc4)n3)c2)cc1. The normalized spacial score (nSPS) is 12.8. The molecule has 11 rings (SSSR count). The fraction of sp³-hybridized carbons (Fsp3) is 0.0189. The highest BCUT2D eigenvalue weighted by molar-refractivity contribution is 6.11. The predicted octanol–water partition coefficient (Wildman–Crippen LogP) is 12.9. The van der Waals surface area contributed by atoms with Crippen LogP contribution in [0.1, 0.15) is 22.3 Å². The van der Waals surface area contributed by atoms with Gasteiger partial charge in [-0.25, -0.2) is 9.97 Å². The minimum Gasteiger partial charge on any atom is -0.278 e. The molecule has 10 aromatic rings. The fourth-order valence-corrected chi connectivity index (χ4v) is 9.05. The van der Waals surface area contributed by atoms with Crippen LogP contribution in [-0.4, -0.2) is 14.5 Å². The summed E-state index contributed by atoms with van der Waals surface area (Å²) >= 11 is 0. The fourth-order valence-electron chi connectivity index (χ4n) is 9.05. The summed E-state index contributed by atoms with van der Waals surface area (Å²) in [6.07, 6.45) is 0. The number of hydrogen-bond donors (Lipinski definition) is 0. The van der Waals surface area contributed by atoms with Crippen LogP contribution >= 0.6 is 0 Å². The molecule has 0 spiro atoms. The van der Waals surface area contributed by atoms with Gasteiger partial charge < -0.3 is 0 Å². The van der Waals surface area contributed by atoms with Crippen molar-refractivity contribution in [3.8, 4) is 50.7 Å². The van der Waals surface area contributed by atoms with Crippen molar-refractivity contribution >= 4 is 21.8 Å². The molecule has 56 heavy (non-hydrogen) atoms. The minimum atomic E-state index is -0.494. The summed E-state index contributed by atoms with van der Waals surface area (Å²) in [7, 11) is 0. The average molecular weight is 714 g/mol. The molecule has 0 atom stereocenters. The Bertz CT molecular complexity index is 3020. The van der Waals surface area contributed by atoms with Gasteiger partial charge in [-0.05, 0) is 74.8 Å². The summed E-state index contributed by atoms with van der Waals surface area (Å²) in [5.41, 5.74) is 15.3. The Morgan fingerprint density at radius 3 is 1.61 bits per heavy atom. The summed E-state index contributed by atoms with van der Waals surface area (Å²) < 4.78 is 2.27. The summed E-state index contributed by atoms with van der Waals surface area (Å²) in [6.45, 7) is 0. The zero-order chi connectivity index (χ0) is 37.1. The van der Waals surface area contributed by atoms with E-state index in [4.69, 9.17) is 9.97 Å². The van der Waals surface area contributed by atoms with Crippen molar-refractivity contribution in [1.29, 1.82) is 0 Å². The first kappa shape index (κ1) is 32.1. The van der Waals surface area contributed by atoms with Crippen LogP contribution in [-0.2, 0) is 5.41 Å². The number of benzene rings is 8. The highest BCUT2D eigenvalue weighted by Gasteiger charge is 2.46. The number of para-hydroxylation sites is 1. The maximum atomic E-state index is 5.42. The van der Waals surface area contributed by atoms with Crippen molar-refractivity contribution in [2.24, 2.45) is 0 Å². The maximum Gasteiger partial charge on any atom is 0.235 e. The molecule has 0 fully saturated rings. The van der Waals surface area contributed by atoms with E-state index in [2.05, 4.69) is 211 Å². The van der Waals surface area contributed by atoms with E-state index in [1.54, 1.807) is 0 Å². The third-order valence-electron chi connectivity index (χ3n) is 11.5. The molecule has 1 aliphatic rings. The van der Waals surface area contributed by atoms with Crippen LogP contribution in [0.2, 0.25) is 0 Å². The standard InChI is InChI=1S/C53H35N3/c1-5-18-36(19-6-1)38-22-17-23-39(32-38)49-35-48(37-20-7-2-8-21-37)54-52(55-49)56-50-31-16-14-29-43(50)45-33-47-44(34-51(45)56)42-28-13-15-30-46(42)53(47,40-24-9-3-10-25-40)41-26-11-4-12-27-41/h1-35H. The van der Waals surface area contributed by atoms with E-state index < -0.39 is 5.41 Å². The first-order chi connectivity index (χ1) is 27.8. The smallest absolute Gasteiger partial charge is 0.235 e. The summed E-state index contributed by atoms with van der Waals surface area (Å²) in [5.74, 6) is 0.640. The van der Waals surface area contributed by atoms with Crippen LogP contribution in [0.4, 0.5) is 0 Å². The number of aromatic nitrogens is 3. The molecule has 0 aliphatic heterocycles. The Kier molecular flexibility index (Phi) is 7.39. The van der Waals surface area contributed by atoms with Gasteiger partial charge in [0.1, 0.15) is 0 Å². The van der Waals surface area contributed by atoms with Crippen LogP contribution in [0.5, 0.6) is 0 Å². The molecule has 1 aliphatic carbocycles. The molecule has 0 amide bonds. The van der Waals surface area contributed by atoms with Gasteiger partial charge in [0.2, 0.25) is 5.95 Å². The van der Waals surface area contributed by atoms with E-state index >= 15 is 0 Å². The molecule has 0 saturated carbocycles. The molecule has 3 nitrogen and oxygen atoms in total. The lowest BCUT2D eigenvalue weighted by molar-refractivity contribution is 0.769. The Hall–Kier alpha value is -7.36. The van der Waals surface area contributed by atoms with Gasteiger partial charge in [0.25, 0.3) is 0 Å². The Labute approximate surface area is 325 Å². The summed E-state index contributed by atoms with van der Waals surface area (Å²) in [4.78, 5) is 10.8. The second-order valence-corrected chi connectivity index (χ2v) is 14.5. The van der Waals surface area contributed by atoms with Crippen molar-refractivity contribution in [2.75, 3.05) is 0 Å². The second-order valence-electron chi connectivity index (χ2n) is 14.5. The molecule has 8 aromatic carbocycles. The van der Waals surface area contributed by atoms with E-state index in [1.165, 1.54) is 44.3 Å². The highest BCUT2D eigenvalue weighted by atomic mass is 15.2. The third-order valence-corrected chi connectivity index (χ3v) is 11.5. The lowest BCUT2D eigenvalue weighted by Gasteiger charge is -2.33. The Morgan fingerprint density at radius 2 is 0.893 bits per heavy atom.